The molecule has 0 bridgehead atoms. The average molecular weight is 474 g/mol. The fraction of sp³-hybridized carbons (Fsp3) is 0.682. The Kier molecular flexibility index (Phi) is 9.90. The first-order chi connectivity index (χ1) is 14.5. The van der Waals surface area contributed by atoms with Gasteiger partial charge in [-0.2, -0.15) is 0 Å². The Morgan fingerprint density at radius 3 is 2.55 bits per heavy atom. The summed E-state index contributed by atoms with van der Waals surface area (Å²) in [7, 11) is -3.83. The average Bonchev–Trinajstić information content (AvgIpc) is 2.70. The van der Waals surface area contributed by atoms with E-state index in [2.05, 4.69) is 4.72 Å². The van der Waals surface area contributed by atoms with Crippen molar-refractivity contribution in [2.75, 3.05) is 6.16 Å². The molecular formula is C22H36NO6PS. The molecular weight excluding hydrogens is 437 g/mol. The van der Waals surface area contributed by atoms with Crippen molar-refractivity contribution in [2.45, 2.75) is 88.8 Å². The molecule has 0 amide bonds. The molecule has 0 saturated heterocycles. The van der Waals surface area contributed by atoms with E-state index < -0.39 is 35.2 Å². The van der Waals surface area contributed by atoms with E-state index in [1.54, 1.807) is 20.8 Å². The Labute approximate surface area is 188 Å². The number of aliphatic carboxylic acids is 1. The van der Waals surface area contributed by atoms with Crippen molar-refractivity contribution in [1.29, 1.82) is 0 Å². The van der Waals surface area contributed by atoms with Gasteiger partial charge in [0.2, 0.25) is 7.37 Å². The third-order valence-corrected chi connectivity index (χ3v) is 9.45. The van der Waals surface area contributed by atoms with E-state index in [0.29, 0.717) is 6.42 Å². The molecule has 0 aromatic heterocycles. The summed E-state index contributed by atoms with van der Waals surface area (Å²) in [6.45, 7) is 5.27. The molecule has 1 aromatic rings. The molecule has 3 atom stereocenters. The lowest BCUT2D eigenvalue weighted by Gasteiger charge is -2.30. The van der Waals surface area contributed by atoms with E-state index in [9.17, 15) is 18.8 Å². The number of ether oxygens (including phenoxy) is 1. The Bertz CT molecular complexity index is 763. The predicted molar refractivity (Wildman–Crippen MR) is 124 cm³/mol. The number of hydrogen-bond donors (Lipinski definition) is 3. The summed E-state index contributed by atoms with van der Waals surface area (Å²) >= 11 is -1.59. The van der Waals surface area contributed by atoms with Crippen LogP contribution in [0.2, 0.25) is 0 Å². The molecule has 1 aromatic carbocycles. The van der Waals surface area contributed by atoms with E-state index in [0.717, 1.165) is 37.0 Å². The molecule has 1 saturated carbocycles. The lowest BCUT2D eigenvalue weighted by Crippen LogP contribution is -2.45. The monoisotopic (exact) mass is 473 g/mol. The first kappa shape index (κ1) is 26.2. The maximum Gasteiger partial charge on any atom is 0.303 e. The Morgan fingerprint density at radius 2 is 1.94 bits per heavy atom. The summed E-state index contributed by atoms with van der Waals surface area (Å²) in [4.78, 5) is 21.8. The zero-order chi connectivity index (χ0) is 23.1. The molecule has 31 heavy (non-hydrogen) atoms. The number of para-hydroxylation sites is 1. The molecule has 9 heteroatoms. The largest absolute Gasteiger partial charge is 0.598 e. The molecule has 3 N–H and O–H groups in total. The second kappa shape index (κ2) is 11.7. The van der Waals surface area contributed by atoms with Gasteiger partial charge in [0.25, 0.3) is 0 Å². The molecule has 1 unspecified atom stereocenters. The molecule has 0 spiro atoms. The van der Waals surface area contributed by atoms with Crippen LogP contribution in [0.4, 0.5) is 0 Å². The van der Waals surface area contributed by atoms with Crippen LogP contribution in [0.15, 0.2) is 24.3 Å². The normalized spacial score (nSPS) is 19.4. The van der Waals surface area contributed by atoms with Gasteiger partial charge in [-0.1, -0.05) is 24.6 Å². The zero-order valence-corrected chi connectivity index (χ0v) is 20.4. The van der Waals surface area contributed by atoms with Crippen LogP contribution >= 0.6 is 7.37 Å². The topological polar surface area (TPSA) is 119 Å². The molecule has 0 heterocycles. The van der Waals surface area contributed by atoms with Gasteiger partial charge in [-0.25, -0.2) is 0 Å². The van der Waals surface area contributed by atoms with Gasteiger partial charge in [-0.05, 0) is 70.9 Å². The third-order valence-electron chi connectivity index (χ3n) is 5.44. The lowest BCUT2D eigenvalue weighted by molar-refractivity contribution is -0.137. The Hall–Kier alpha value is -1.05. The molecule has 1 aliphatic carbocycles. The van der Waals surface area contributed by atoms with Crippen molar-refractivity contribution in [3.8, 4) is 5.75 Å². The number of rotatable bonds is 11. The van der Waals surface area contributed by atoms with Crippen molar-refractivity contribution < 1.29 is 28.6 Å². The quantitative estimate of drug-likeness (QED) is 0.321. The Balaban J connectivity index is 2.09. The SMILES string of the molecule is CC(C)(C)[S@+]([O-])N[C@@H](CCC(=O)O)P(=O)(O)CCc1ccccc1OC1CCCCC1. The lowest BCUT2D eigenvalue weighted by atomic mass is 9.97. The van der Waals surface area contributed by atoms with Crippen molar-refractivity contribution in [1.82, 2.24) is 4.72 Å². The molecule has 7 nitrogen and oxygen atoms in total. The molecule has 2 rings (SSSR count). The number of hydrogen-bond acceptors (Lipinski definition) is 5. The molecule has 1 aliphatic rings. The van der Waals surface area contributed by atoms with Crippen LogP contribution < -0.4 is 9.46 Å². The van der Waals surface area contributed by atoms with Crippen LogP contribution in [0.5, 0.6) is 5.75 Å². The van der Waals surface area contributed by atoms with Crippen LogP contribution in [-0.2, 0) is 27.1 Å². The summed E-state index contributed by atoms with van der Waals surface area (Å²) in [5.41, 5.74) is 0.858. The first-order valence-corrected chi connectivity index (χ1v) is 14.0. The number of nitrogens with one attached hydrogen (secondary N) is 1. The summed E-state index contributed by atoms with van der Waals surface area (Å²) in [6, 6.07) is 7.55. The zero-order valence-electron chi connectivity index (χ0n) is 18.7. The maximum atomic E-state index is 13.2. The van der Waals surface area contributed by atoms with Gasteiger partial charge < -0.3 is 19.3 Å². The fourth-order valence-corrected chi connectivity index (χ4v) is 6.60. The highest BCUT2D eigenvalue weighted by atomic mass is 32.2. The minimum absolute atomic E-state index is 0.0450. The minimum Gasteiger partial charge on any atom is -0.598 e. The summed E-state index contributed by atoms with van der Waals surface area (Å²) in [6.07, 6.45) is 5.70. The van der Waals surface area contributed by atoms with Crippen LogP contribution in [-0.4, -0.2) is 43.3 Å². The second-order valence-electron chi connectivity index (χ2n) is 9.16. The van der Waals surface area contributed by atoms with Crippen molar-refractivity contribution in [3.05, 3.63) is 29.8 Å². The molecule has 0 radical (unpaired) electrons. The highest BCUT2D eigenvalue weighted by Gasteiger charge is 2.38. The summed E-state index contributed by atoms with van der Waals surface area (Å²) in [5, 5.41) is 9.03. The van der Waals surface area contributed by atoms with Gasteiger partial charge >= 0.3 is 5.97 Å². The number of carboxylic acid groups (broad SMARTS) is 1. The van der Waals surface area contributed by atoms with Gasteiger partial charge in [0, 0.05) is 23.9 Å². The molecule has 0 aliphatic heterocycles. The van der Waals surface area contributed by atoms with Gasteiger partial charge in [0.15, 0.2) is 0 Å². The maximum absolute atomic E-state index is 13.2. The Morgan fingerprint density at radius 1 is 1.29 bits per heavy atom. The van der Waals surface area contributed by atoms with E-state index in [1.807, 2.05) is 24.3 Å². The highest BCUT2D eigenvalue weighted by Crippen LogP contribution is 2.48. The highest BCUT2D eigenvalue weighted by molar-refractivity contribution is 7.91. The van der Waals surface area contributed by atoms with Gasteiger partial charge in [-0.3, -0.25) is 9.36 Å². The first-order valence-electron chi connectivity index (χ1n) is 10.9. The molecule has 1 fully saturated rings. The number of carboxylic acids is 1. The smallest absolute Gasteiger partial charge is 0.303 e. The van der Waals surface area contributed by atoms with Gasteiger partial charge in [0.1, 0.15) is 16.3 Å². The van der Waals surface area contributed by atoms with Crippen LogP contribution in [0, 0.1) is 0 Å². The fourth-order valence-electron chi connectivity index (χ4n) is 3.53. The summed E-state index contributed by atoms with van der Waals surface area (Å²) in [5.74, 6) is -1.36. The van der Waals surface area contributed by atoms with Crippen LogP contribution in [0.1, 0.15) is 71.3 Å². The van der Waals surface area contributed by atoms with E-state index >= 15 is 0 Å². The van der Waals surface area contributed by atoms with Crippen molar-refractivity contribution in [3.63, 3.8) is 0 Å². The van der Waals surface area contributed by atoms with Crippen LogP contribution in [0.25, 0.3) is 0 Å². The third kappa shape index (κ3) is 8.78. The summed E-state index contributed by atoms with van der Waals surface area (Å²) < 4.78 is 34.0. The number of benzene rings is 1. The molecule has 176 valence electrons. The van der Waals surface area contributed by atoms with Gasteiger partial charge in [-0.15, -0.1) is 4.72 Å². The van der Waals surface area contributed by atoms with E-state index in [4.69, 9.17) is 9.84 Å². The van der Waals surface area contributed by atoms with Crippen molar-refractivity contribution in [2.24, 2.45) is 0 Å². The predicted octanol–water partition coefficient (Wildman–Crippen LogP) is 4.45. The van der Waals surface area contributed by atoms with Crippen LogP contribution in [0.3, 0.4) is 0 Å². The standard InChI is InChI=1S/C22H36NO6PS/c1-22(2,3)31(28)23-20(13-14-21(24)25)30(26,27)16-15-17-9-7-8-12-19(17)29-18-10-5-4-6-11-18/h7-9,12,18,20,23H,4-6,10-11,13-16H2,1-3H3,(H,24,25)(H,26,27)/t20-,31+/m1/s1. The van der Waals surface area contributed by atoms with Gasteiger partial charge in [0.05, 0.1) is 6.10 Å². The van der Waals surface area contributed by atoms with E-state index in [1.165, 1.54) is 6.42 Å². The second-order valence-corrected chi connectivity index (χ2v) is 13.7. The minimum atomic E-state index is -3.83. The van der Waals surface area contributed by atoms with Crippen molar-refractivity contribution >= 4 is 24.7 Å². The van der Waals surface area contributed by atoms with E-state index in [-0.39, 0.29) is 25.1 Å². The number of carbonyl (C=O) groups is 1. The number of aryl methyl sites for hydroxylation is 1.